The average molecular weight is 326 g/mol. The molecule has 0 fully saturated rings. The van der Waals surface area contributed by atoms with Crippen LogP contribution in [0.1, 0.15) is 30.9 Å². The number of anilines is 1. The minimum Gasteiger partial charge on any atom is -0.484 e. The van der Waals surface area contributed by atoms with Gasteiger partial charge in [0.2, 0.25) is 5.91 Å². The van der Waals surface area contributed by atoms with E-state index in [1.54, 1.807) is 24.3 Å². The molecule has 0 heterocycles. The smallest absolute Gasteiger partial charge is 0.262 e. The Morgan fingerprint density at radius 3 is 2.21 bits per heavy atom. The van der Waals surface area contributed by atoms with Crippen LogP contribution in [0.4, 0.5) is 5.69 Å². The third-order valence-corrected chi connectivity index (χ3v) is 3.53. The van der Waals surface area contributed by atoms with Crippen molar-refractivity contribution in [3.8, 4) is 5.75 Å². The molecular formula is C19H22N2O3. The van der Waals surface area contributed by atoms with Crippen LogP contribution in [0.15, 0.2) is 48.5 Å². The third kappa shape index (κ3) is 5.43. The predicted octanol–water partition coefficient (Wildman–Crippen LogP) is 2.86. The zero-order valence-electron chi connectivity index (χ0n) is 13.9. The average Bonchev–Trinajstić information content (AvgIpc) is 2.54. The fraction of sp³-hybridized carbons (Fsp3) is 0.263. The zero-order chi connectivity index (χ0) is 17.5. The number of rotatable bonds is 7. The number of nitrogens with one attached hydrogen (secondary N) is 1. The van der Waals surface area contributed by atoms with E-state index in [2.05, 4.69) is 19.2 Å². The molecule has 0 aromatic heterocycles. The molecule has 0 aliphatic rings. The van der Waals surface area contributed by atoms with Gasteiger partial charge in [-0.25, -0.2) is 0 Å². The van der Waals surface area contributed by atoms with Gasteiger partial charge in [-0.3, -0.25) is 9.59 Å². The molecule has 5 heteroatoms. The van der Waals surface area contributed by atoms with Crippen molar-refractivity contribution in [2.75, 3.05) is 11.9 Å². The summed E-state index contributed by atoms with van der Waals surface area (Å²) in [7, 11) is 0. The van der Waals surface area contributed by atoms with Crippen LogP contribution in [0.5, 0.6) is 5.75 Å². The summed E-state index contributed by atoms with van der Waals surface area (Å²) in [6.45, 7) is 4.18. The van der Waals surface area contributed by atoms with Crippen LogP contribution in [0, 0.1) is 0 Å². The molecule has 3 N–H and O–H groups in total. The number of carbonyl (C=O) groups excluding carboxylic acids is 2. The Labute approximate surface area is 141 Å². The van der Waals surface area contributed by atoms with E-state index in [0.717, 1.165) is 5.56 Å². The number of hydrogen-bond acceptors (Lipinski definition) is 3. The number of nitrogens with two attached hydrogens (primary N) is 1. The van der Waals surface area contributed by atoms with Gasteiger partial charge in [-0.05, 0) is 41.3 Å². The van der Waals surface area contributed by atoms with Crippen molar-refractivity contribution in [3.63, 3.8) is 0 Å². The first-order valence-corrected chi connectivity index (χ1v) is 7.84. The summed E-state index contributed by atoms with van der Waals surface area (Å²) in [5.74, 6) is 0.487. The molecule has 0 saturated carbocycles. The van der Waals surface area contributed by atoms with Gasteiger partial charge in [0.1, 0.15) is 5.75 Å². The predicted molar refractivity (Wildman–Crippen MR) is 94.0 cm³/mol. The Bertz CT molecular complexity index is 692. The normalized spacial score (nSPS) is 10.5. The van der Waals surface area contributed by atoms with E-state index in [-0.39, 0.29) is 24.8 Å². The second kappa shape index (κ2) is 8.15. The van der Waals surface area contributed by atoms with Crippen molar-refractivity contribution < 1.29 is 14.3 Å². The molecule has 0 aliphatic heterocycles. The van der Waals surface area contributed by atoms with Crippen LogP contribution in [0.3, 0.4) is 0 Å². The van der Waals surface area contributed by atoms with Crippen molar-refractivity contribution in [1.29, 1.82) is 0 Å². The molecule has 2 amide bonds. The number of ether oxygens (including phenoxy) is 1. The van der Waals surface area contributed by atoms with E-state index >= 15 is 0 Å². The van der Waals surface area contributed by atoms with Gasteiger partial charge in [-0.1, -0.05) is 38.1 Å². The fourth-order valence-electron chi connectivity index (χ4n) is 2.20. The molecule has 0 unspecified atom stereocenters. The topological polar surface area (TPSA) is 81.4 Å². The van der Waals surface area contributed by atoms with E-state index < -0.39 is 0 Å². The van der Waals surface area contributed by atoms with Crippen molar-refractivity contribution in [3.05, 3.63) is 59.7 Å². The Kier molecular flexibility index (Phi) is 5.95. The summed E-state index contributed by atoms with van der Waals surface area (Å²) in [6.07, 6.45) is 0.184. The van der Waals surface area contributed by atoms with Crippen molar-refractivity contribution >= 4 is 17.5 Å². The molecule has 2 aromatic carbocycles. The van der Waals surface area contributed by atoms with Crippen LogP contribution in [-0.2, 0) is 16.0 Å². The summed E-state index contributed by atoms with van der Waals surface area (Å²) in [6, 6.07) is 14.7. The Morgan fingerprint density at radius 1 is 1.04 bits per heavy atom. The standard InChI is InChI=1S/C19H22N2O3/c1-13(2)15-5-9-17(10-6-15)24-12-19(23)21-16-7-3-14(4-8-16)11-18(20)22/h3-10,13H,11-12H2,1-2H3,(H2,20,22)(H,21,23). The highest BCUT2D eigenvalue weighted by Crippen LogP contribution is 2.18. The maximum atomic E-state index is 11.9. The van der Waals surface area contributed by atoms with Crippen molar-refractivity contribution in [2.24, 2.45) is 5.73 Å². The third-order valence-electron chi connectivity index (χ3n) is 3.53. The van der Waals surface area contributed by atoms with Gasteiger partial charge in [0.25, 0.3) is 5.91 Å². The first-order chi connectivity index (χ1) is 11.4. The van der Waals surface area contributed by atoms with Gasteiger partial charge in [0.05, 0.1) is 6.42 Å². The lowest BCUT2D eigenvalue weighted by atomic mass is 10.0. The first-order valence-electron chi connectivity index (χ1n) is 7.84. The molecule has 0 radical (unpaired) electrons. The highest BCUT2D eigenvalue weighted by Gasteiger charge is 2.05. The van der Waals surface area contributed by atoms with Gasteiger partial charge in [-0.2, -0.15) is 0 Å². The molecule has 0 bridgehead atoms. The van der Waals surface area contributed by atoms with E-state index in [0.29, 0.717) is 17.4 Å². The molecule has 0 saturated heterocycles. The molecule has 0 atom stereocenters. The SMILES string of the molecule is CC(C)c1ccc(OCC(=O)Nc2ccc(CC(N)=O)cc2)cc1. The van der Waals surface area contributed by atoms with Crippen LogP contribution in [0.25, 0.3) is 0 Å². The second-order valence-corrected chi connectivity index (χ2v) is 5.90. The number of carbonyl (C=O) groups is 2. The van der Waals surface area contributed by atoms with Gasteiger partial charge in [0, 0.05) is 5.69 Å². The number of benzene rings is 2. The van der Waals surface area contributed by atoms with Crippen LogP contribution >= 0.6 is 0 Å². The lowest BCUT2D eigenvalue weighted by Crippen LogP contribution is -2.20. The molecule has 2 aromatic rings. The Hall–Kier alpha value is -2.82. The number of primary amides is 1. The van der Waals surface area contributed by atoms with Crippen LogP contribution in [-0.4, -0.2) is 18.4 Å². The summed E-state index contributed by atoms with van der Waals surface area (Å²) < 4.78 is 5.48. The quantitative estimate of drug-likeness (QED) is 0.821. The van der Waals surface area contributed by atoms with Crippen molar-refractivity contribution in [1.82, 2.24) is 0 Å². The minimum atomic E-state index is -0.385. The fourth-order valence-corrected chi connectivity index (χ4v) is 2.20. The summed E-state index contributed by atoms with van der Waals surface area (Å²) >= 11 is 0. The monoisotopic (exact) mass is 326 g/mol. The summed E-state index contributed by atoms with van der Waals surface area (Å²) in [5, 5.41) is 2.74. The molecule has 0 aliphatic carbocycles. The van der Waals surface area contributed by atoms with E-state index in [1.807, 2.05) is 24.3 Å². The van der Waals surface area contributed by atoms with Crippen LogP contribution in [0.2, 0.25) is 0 Å². The lowest BCUT2D eigenvalue weighted by Gasteiger charge is -2.09. The molecule has 24 heavy (non-hydrogen) atoms. The largest absolute Gasteiger partial charge is 0.484 e. The second-order valence-electron chi connectivity index (χ2n) is 5.90. The minimum absolute atomic E-state index is 0.0654. The number of hydrogen-bond donors (Lipinski definition) is 2. The molecule has 126 valence electrons. The van der Waals surface area contributed by atoms with E-state index in [9.17, 15) is 9.59 Å². The molecular weight excluding hydrogens is 304 g/mol. The molecule has 2 rings (SSSR count). The summed E-state index contributed by atoms with van der Waals surface area (Å²) in [5.41, 5.74) is 7.82. The Balaban J connectivity index is 1.83. The first kappa shape index (κ1) is 17.5. The van der Waals surface area contributed by atoms with Gasteiger partial charge < -0.3 is 15.8 Å². The molecule has 0 spiro atoms. The van der Waals surface area contributed by atoms with Gasteiger partial charge in [0.15, 0.2) is 6.61 Å². The van der Waals surface area contributed by atoms with E-state index in [4.69, 9.17) is 10.5 Å². The van der Waals surface area contributed by atoms with E-state index in [1.165, 1.54) is 5.56 Å². The lowest BCUT2D eigenvalue weighted by molar-refractivity contribution is -0.118. The Morgan fingerprint density at radius 2 is 1.67 bits per heavy atom. The zero-order valence-corrected chi connectivity index (χ0v) is 13.9. The highest BCUT2D eigenvalue weighted by atomic mass is 16.5. The van der Waals surface area contributed by atoms with Gasteiger partial charge >= 0.3 is 0 Å². The highest BCUT2D eigenvalue weighted by molar-refractivity contribution is 5.91. The maximum Gasteiger partial charge on any atom is 0.262 e. The maximum absolute atomic E-state index is 11.9. The van der Waals surface area contributed by atoms with Crippen LogP contribution < -0.4 is 15.8 Å². The van der Waals surface area contributed by atoms with Crippen molar-refractivity contribution in [2.45, 2.75) is 26.2 Å². The summed E-state index contributed by atoms with van der Waals surface area (Å²) in [4.78, 5) is 22.8. The van der Waals surface area contributed by atoms with Gasteiger partial charge in [-0.15, -0.1) is 0 Å². The number of amides is 2. The molecule has 5 nitrogen and oxygen atoms in total.